The fourth-order valence-corrected chi connectivity index (χ4v) is 3.38. The highest BCUT2D eigenvalue weighted by Gasteiger charge is 2.14. The zero-order chi connectivity index (χ0) is 19.3. The third kappa shape index (κ3) is 2.60. The molecule has 0 atom stereocenters. The number of aromatic nitrogens is 6. The van der Waals surface area contributed by atoms with Crippen molar-refractivity contribution in [3.63, 3.8) is 0 Å². The number of halogens is 1. The van der Waals surface area contributed by atoms with Crippen LogP contribution in [-0.2, 0) is 0 Å². The molecular weight excluding hydrogens is 355 g/mol. The first-order chi connectivity index (χ1) is 13.6. The van der Waals surface area contributed by atoms with Crippen LogP contribution in [0.1, 0.15) is 11.4 Å². The summed E-state index contributed by atoms with van der Waals surface area (Å²) in [5.74, 6) is 0.215. The molecule has 0 bridgehead atoms. The standard InChI is InChI=1S/C21H17FN6/c1-13-3-4-14(2)28(13)21-25-19-11-15(8-10-27(19)26-21)20-17(22)5-6-18(24-20)16-7-9-23-12-16/h3-12,23H,1-2H3. The third-order valence-electron chi connectivity index (χ3n) is 4.81. The average molecular weight is 372 g/mol. The molecule has 5 rings (SSSR count). The lowest BCUT2D eigenvalue weighted by atomic mass is 10.1. The van der Waals surface area contributed by atoms with Gasteiger partial charge in [0, 0.05) is 41.1 Å². The summed E-state index contributed by atoms with van der Waals surface area (Å²) in [4.78, 5) is 12.1. The molecule has 5 aromatic rings. The Kier molecular flexibility index (Phi) is 3.61. The maximum absolute atomic E-state index is 14.5. The molecule has 0 aliphatic carbocycles. The molecule has 0 unspecified atom stereocenters. The van der Waals surface area contributed by atoms with Crippen molar-refractivity contribution in [3.05, 3.63) is 78.3 Å². The summed E-state index contributed by atoms with van der Waals surface area (Å²) < 4.78 is 18.2. The summed E-state index contributed by atoms with van der Waals surface area (Å²) in [6, 6.07) is 12.7. The van der Waals surface area contributed by atoms with Gasteiger partial charge < -0.3 is 4.98 Å². The third-order valence-corrected chi connectivity index (χ3v) is 4.81. The zero-order valence-corrected chi connectivity index (χ0v) is 15.4. The highest BCUT2D eigenvalue weighted by molar-refractivity contribution is 5.68. The number of pyridine rings is 2. The van der Waals surface area contributed by atoms with Crippen LogP contribution in [0.5, 0.6) is 0 Å². The molecule has 0 aliphatic rings. The van der Waals surface area contributed by atoms with Gasteiger partial charge in [0.25, 0.3) is 5.95 Å². The lowest BCUT2D eigenvalue weighted by molar-refractivity contribution is 0.626. The van der Waals surface area contributed by atoms with Gasteiger partial charge in [0.1, 0.15) is 11.5 Å². The van der Waals surface area contributed by atoms with Gasteiger partial charge in [-0.05, 0) is 56.3 Å². The molecule has 0 aromatic carbocycles. The minimum absolute atomic E-state index is 0.291. The maximum Gasteiger partial charge on any atom is 0.254 e. The van der Waals surface area contributed by atoms with Gasteiger partial charge in [-0.25, -0.2) is 13.9 Å². The summed E-state index contributed by atoms with van der Waals surface area (Å²) >= 11 is 0. The highest BCUT2D eigenvalue weighted by Crippen LogP contribution is 2.26. The van der Waals surface area contributed by atoms with E-state index in [2.05, 4.69) is 20.1 Å². The van der Waals surface area contributed by atoms with Crippen LogP contribution in [0.15, 0.2) is 61.1 Å². The van der Waals surface area contributed by atoms with E-state index in [1.165, 1.54) is 6.07 Å². The Bertz CT molecular complexity index is 1280. The van der Waals surface area contributed by atoms with E-state index in [1.807, 2.05) is 49.0 Å². The second-order valence-electron chi connectivity index (χ2n) is 6.71. The van der Waals surface area contributed by atoms with Crippen molar-refractivity contribution in [3.8, 4) is 28.5 Å². The summed E-state index contributed by atoms with van der Waals surface area (Å²) in [6.45, 7) is 4.02. The number of nitrogens with zero attached hydrogens (tertiary/aromatic N) is 5. The van der Waals surface area contributed by atoms with Crippen molar-refractivity contribution in [2.45, 2.75) is 13.8 Å². The van der Waals surface area contributed by atoms with E-state index >= 15 is 0 Å². The fraction of sp³-hybridized carbons (Fsp3) is 0.0952. The van der Waals surface area contributed by atoms with Crippen molar-refractivity contribution in [1.82, 2.24) is 29.1 Å². The SMILES string of the molecule is Cc1ccc(C)n1-c1nc2cc(-c3nc(-c4cc[nH]c4)ccc3F)ccn2n1. The van der Waals surface area contributed by atoms with E-state index in [-0.39, 0.29) is 5.82 Å². The molecule has 7 heteroatoms. The predicted molar refractivity (Wildman–Crippen MR) is 105 cm³/mol. The molecule has 1 N–H and O–H groups in total. The molecule has 6 nitrogen and oxygen atoms in total. The smallest absolute Gasteiger partial charge is 0.254 e. The first-order valence-electron chi connectivity index (χ1n) is 8.92. The zero-order valence-electron chi connectivity index (χ0n) is 15.4. The van der Waals surface area contributed by atoms with Crippen LogP contribution >= 0.6 is 0 Å². The second kappa shape index (κ2) is 6.16. The van der Waals surface area contributed by atoms with Crippen LogP contribution in [0, 0.1) is 19.7 Å². The van der Waals surface area contributed by atoms with E-state index in [4.69, 9.17) is 0 Å². The van der Waals surface area contributed by atoms with Gasteiger partial charge in [0.2, 0.25) is 0 Å². The molecule has 0 saturated carbocycles. The number of fused-ring (bicyclic) bond motifs is 1. The molecule has 0 saturated heterocycles. The number of nitrogens with one attached hydrogen (secondary N) is 1. The normalized spacial score (nSPS) is 11.4. The molecule has 5 aromatic heterocycles. The van der Waals surface area contributed by atoms with Crippen LogP contribution in [-0.4, -0.2) is 29.1 Å². The van der Waals surface area contributed by atoms with E-state index < -0.39 is 0 Å². The van der Waals surface area contributed by atoms with Crippen molar-refractivity contribution in [2.75, 3.05) is 0 Å². The molecule has 0 aliphatic heterocycles. The average Bonchev–Trinajstić information content (AvgIpc) is 3.41. The molecular formula is C21H17FN6. The largest absolute Gasteiger partial charge is 0.367 e. The van der Waals surface area contributed by atoms with E-state index in [9.17, 15) is 4.39 Å². The van der Waals surface area contributed by atoms with Gasteiger partial charge in [-0.3, -0.25) is 4.57 Å². The topological polar surface area (TPSA) is 63.8 Å². The van der Waals surface area contributed by atoms with E-state index in [0.29, 0.717) is 28.5 Å². The molecule has 5 heterocycles. The monoisotopic (exact) mass is 372 g/mol. The van der Waals surface area contributed by atoms with Gasteiger partial charge in [-0.15, -0.1) is 5.10 Å². The number of hydrogen-bond donors (Lipinski definition) is 1. The number of H-pyrrole nitrogens is 1. The number of rotatable bonds is 3. The molecule has 0 amide bonds. The highest BCUT2D eigenvalue weighted by atomic mass is 19.1. The number of aromatic amines is 1. The van der Waals surface area contributed by atoms with Crippen LogP contribution in [0.3, 0.4) is 0 Å². The van der Waals surface area contributed by atoms with Gasteiger partial charge >= 0.3 is 0 Å². The van der Waals surface area contributed by atoms with E-state index in [0.717, 1.165) is 17.0 Å². The van der Waals surface area contributed by atoms with E-state index in [1.54, 1.807) is 28.9 Å². The fourth-order valence-electron chi connectivity index (χ4n) is 3.38. The predicted octanol–water partition coefficient (Wildman–Crippen LogP) is 4.33. The lowest BCUT2D eigenvalue weighted by Crippen LogP contribution is -2.01. The minimum Gasteiger partial charge on any atom is -0.367 e. The molecule has 28 heavy (non-hydrogen) atoms. The van der Waals surface area contributed by atoms with Crippen LogP contribution in [0.2, 0.25) is 0 Å². The van der Waals surface area contributed by atoms with Gasteiger partial charge in [-0.1, -0.05) is 0 Å². The quantitative estimate of drug-likeness (QED) is 0.513. The molecule has 0 fully saturated rings. The Hall–Kier alpha value is -3.74. The Morgan fingerprint density at radius 3 is 2.50 bits per heavy atom. The minimum atomic E-state index is -0.375. The van der Waals surface area contributed by atoms with Gasteiger partial charge in [-0.2, -0.15) is 4.98 Å². The summed E-state index contributed by atoms with van der Waals surface area (Å²) in [6.07, 6.45) is 5.42. The first-order valence-corrected chi connectivity index (χ1v) is 8.92. The van der Waals surface area contributed by atoms with Gasteiger partial charge in [0.05, 0.1) is 5.69 Å². The van der Waals surface area contributed by atoms with Crippen LogP contribution < -0.4 is 0 Å². The Balaban J connectivity index is 1.62. The van der Waals surface area contributed by atoms with Crippen molar-refractivity contribution >= 4 is 5.65 Å². The lowest BCUT2D eigenvalue weighted by Gasteiger charge is -2.05. The Morgan fingerprint density at radius 2 is 1.75 bits per heavy atom. The van der Waals surface area contributed by atoms with Crippen molar-refractivity contribution < 1.29 is 4.39 Å². The molecule has 138 valence electrons. The van der Waals surface area contributed by atoms with Crippen molar-refractivity contribution in [1.29, 1.82) is 0 Å². The first kappa shape index (κ1) is 16.4. The summed E-state index contributed by atoms with van der Waals surface area (Å²) in [5.41, 5.74) is 5.31. The molecule has 0 radical (unpaired) electrons. The summed E-state index contributed by atoms with van der Waals surface area (Å²) in [5, 5.41) is 4.54. The van der Waals surface area contributed by atoms with Crippen LogP contribution in [0.4, 0.5) is 4.39 Å². The second-order valence-corrected chi connectivity index (χ2v) is 6.71. The number of hydrogen-bond acceptors (Lipinski definition) is 3. The van der Waals surface area contributed by atoms with Crippen molar-refractivity contribution in [2.24, 2.45) is 0 Å². The van der Waals surface area contributed by atoms with Gasteiger partial charge in [0.15, 0.2) is 5.65 Å². The molecule has 0 spiro atoms. The Morgan fingerprint density at radius 1 is 0.929 bits per heavy atom. The number of aryl methyl sites for hydroxylation is 2. The van der Waals surface area contributed by atoms with Crippen LogP contribution in [0.25, 0.3) is 34.1 Å². The Labute approximate surface area is 160 Å². The maximum atomic E-state index is 14.5. The summed E-state index contributed by atoms with van der Waals surface area (Å²) in [7, 11) is 0.